The number of benzene rings is 2. The molecule has 1 atom stereocenters. The summed E-state index contributed by atoms with van der Waals surface area (Å²) in [4.78, 5) is 12.3. The fourth-order valence-corrected chi connectivity index (χ4v) is 2.41. The second-order valence-corrected chi connectivity index (χ2v) is 5.22. The molecule has 0 spiro atoms. The average molecular weight is 306 g/mol. The average Bonchev–Trinajstić information content (AvgIpc) is 2.52. The van der Waals surface area contributed by atoms with Gasteiger partial charge in [-0.1, -0.05) is 49.4 Å². The molecule has 2 aromatic rings. The standard InChI is InChI=1S/C18H17F3O/c1-2-13(14-6-4-3-5-7-14)12-17(22)15-8-10-16(11-9-15)18(19,20)21/h3-11,13H,2,12H2,1H3/t13-/m1/s1. The maximum atomic E-state index is 12.5. The highest BCUT2D eigenvalue weighted by Crippen LogP contribution is 2.30. The van der Waals surface area contributed by atoms with Crippen LogP contribution in [0.25, 0.3) is 0 Å². The maximum Gasteiger partial charge on any atom is 0.416 e. The van der Waals surface area contributed by atoms with Crippen LogP contribution in [-0.2, 0) is 6.18 Å². The van der Waals surface area contributed by atoms with Crippen molar-refractivity contribution in [3.05, 3.63) is 71.3 Å². The number of halogens is 3. The van der Waals surface area contributed by atoms with Gasteiger partial charge in [0.2, 0.25) is 0 Å². The van der Waals surface area contributed by atoms with Crippen molar-refractivity contribution >= 4 is 5.78 Å². The molecule has 2 aromatic carbocycles. The molecule has 0 saturated carbocycles. The van der Waals surface area contributed by atoms with Crippen LogP contribution in [0.15, 0.2) is 54.6 Å². The van der Waals surface area contributed by atoms with E-state index in [1.54, 1.807) is 0 Å². The largest absolute Gasteiger partial charge is 0.416 e. The molecule has 0 saturated heterocycles. The van der Waals surface area contributed by atoms with Gasteiger partial charge in [0.1, 0.15) is 0 Å². The van der Waals surface area contributed by atoms with Gasteiger partial charge in [0, 0.05) is 12.0 Å². The minimum Gasteiger partial charge on any atom is -0.294 e. The first-order valence-corrected chi connectivity index (χ1v) is 7.17. The molecule has 0 aliphatic carbocycles. The van der Waals surface area contributed by atoms with Crippen LogP contribution in [0.1, 0.15) is 47.2 Å². The second kappa shape index (κ2) is 6.77. The van der Waals surface area contributed by atoms with E-state index in [9.17, 15) is 18.0 Å². The van der Waals surface area contributed by atoms with Crippen molar-refractivity contribution < 1.29 is 18.0 Å². The van der Waals surface area contributed by atoms with Crippen LogP contribution >= 0.6 is 0 Å². The number of Topliss-reactive ketones (excluding diaryl/α,β-unsaturated/α-hetero) is 1. The van der Waals surface area contributed by atoms with Crippen LogP contribution in [0.2, 0.25) is 0 Å². The molecule has 1 nitrogen and oxygen atoms in total. The number of alkyl halides is 3. The van der Waals surface area contributed by atoms with Crippen molar-refractivity contribution in [1.29, 1.82) is 0 Å². The maximum absolute atomic E-state index is 12.5. The molecule has 0 radical (unpaired) electrons. The first-order chi connectivity index (χ1) is 10.4. The summed E-state index contributed by atoms with van der Waals surface area (Å²) in [5.74, 6) is -0.0552. The third-order valence-electron chi connectivity index (χ3n) is 3.73. The second-order valence-electron chi connectivity index (χ2n) is 5.22. The lowest BCUT2D eigenvalue weighted by molar-refractivity contribution is -0.137. The van der Waals surface area contributed by atoms with Crippen molar-refractivity contribution in [2.24, 2.45) is 0 Å². The summed E-state index contributed by atoms with van der Waals surface area (Å²) < 4.78 is 37.6. The SMILES string of the molecule is CC[C@H](CC(=O)c1ccc(C(F)(F)F)cc1)c1ccccc1. The molecular formula is C18H17F3O. The molecule has 0 aliphatic heterocycles. The van der Waals surface area contributed by atoms with Gasteiger partial charge in [-0.2, -0.15) is 13.2 Å². The molecule has 0 heterocycles. The smallest absolute Gasteiger partial charge is 0.294 e. The highest BCUT2D eigenvalue weighted by atomic mass is 19.4. The Labute approximate surface area is 127 Å². The van der Waals surface area contributed by atoms with E-state index in [0.29, 0.717) is 12.0 Å². The summed E-state index contributed by atoms with van der Waals surface area (Å²) >= 11 is 0. The summed E-state index contributed by atoms with van der Waals surface area (Å²) in [5.41, 5.74) is 0.659. The number of rotatable bonds is 5. The lowest BCUT2D eigenvalue weighted by Crippen LogP contribution is -2.09. The van der Waals surface area contributed by atoms with Crippen molar-refractivity contribution in [3.63, 3.8) is 0 Å². The Morgan fingerprint density at radius 3 is 2.09 bits per heavy atom. The third-order valence-corrected chi connectivity index (χ3v) is 3.73. The van der Waals surface area contributed by atoms with E-state index in [2.05, 4.69) is 0 Å². The van der Waals surface area contributed by atoms with Crippen LogP contribution in [-0.4, -0.2) is 5.78 Å². The van der Waals surface area contributed by atoms with Crippen LogP contribution in [0.3, 0.4) is 0 Å². The van der Waals surface area contributed by atoms with Gasteiger partial charge in [-0.3, -0.25) is 4.79 Å². The quantitative estimate of drug-likeness (QED) is 0.669. The topological polar surface area (TPSA) is 17.1 Å². The number of carbonyl (C=O) groups is 1. The molecule has 0 N–H and O–H groups in total. The van der Waals surface area contributed by atoms with Gasteiger partial charge >= 0.3 is 6.18 Å². The van der Waals surface area contributed by atoms with Crippen molar-refractivity contribution in [3.8, 4) is 0 Å². The zero-order valence-electron chi connectivity index (χ0n) is 12.2. The summed E-state index contributed by atoms with van der Waals surface area (Å²) in [6.07, 6.45) is -3.28. The number of hydrogen-bond donors (Lipinski definition) is 0. The fourth-order valence-electron chi connectivity index (χ4n) is 2.41. The van der Waals surface area contributed by atoms with E-state index in [1.165, 1.54) is 12.1 Å². The minimum atomic E-state index is -4.38. The Bertz CT molecular complexity index is 615. The zero-order chi connectivity index (χ0) is 16.2. The predicted octanol–water partition coefficient (Wildman–Crippen LogP) is 5.47. The lowest BCUT2D eigenvalue weighted by atomic mass is 9.89. The molecule has 0 bridgehead atoms. The molecule has 2 rings (SSSR count). The predicted molar refractivity (Wildman–Crippen MR) is 79.9 cm³/mol. The van der Waals surface area contributed by atoms with Crippen LogP contribution < -0.4 is 0 Å². The van der Waals surface area contributed by atoms with Crippen LogP contribution in [0.5, 0.6) is 0 Å². The molecule has 0 fully saturated rings. The highest BCUT2D eigenvalue weighted by molar-refractivity contribution is 5.96. The van der Waals surface area contributed by atoms with Gasteiger partial charge in [0.05, 0.1) is 5.56 Å². The normalized spacial score (nSPS) is 12.9. The third kappa shape index (κ3) is 3.97. The summed E-state index contributed by atoms with van der Waals surface area (Å²) in [6.45, 7) is 2.00. The molecule has 0 aromatic heterocycles. The van der Waals surface area contributed by atoms with Gasteiger partial charge < -0.3 is 0 Å². The van der Waals surface area contributed by atoms with Crippen LogP contribution in [0, 0.1) is 0 Å². The van der Waals surface area contributed by atoms with Gasteiger partial charge in [0.25, 0.3) is 0 Å². The Hall–Kier alpha value is -2.10. The van der Waals surface area contributed by atoms with E-state index in [4.69, 9.17) is 0 Å². The van der Waals surface area contributed by atoms with Crippen molar-refractivity contribution in [1.82, 2.24) is 0 Å². The number of ketones is 1. The van der Waals surface area contributed by atoms with E-state index >= 15 is 0 Å². The van der Waals surface area contributed by atoms with Gasteiger partial charge in [0.15, 0.2) is 5.78 Å². The summed E-state index contributed by atoms with van der Waals surface area (Å²) in [7, 11) is 0. The van der Waals surface area contributed by atoms with Crippen molar-refractivity contribution in [2.45, 2.75) is 31.9 Å². The van der Waals surface area contributed by atoms with E-state index in [1.807, 2.05) is 37.3 Å². The Balaban J connectivity index is 2.11. The number of hydrogen-bond acceptors (Lipinski definition) is 1. The highest BCUT2D eigenvalue weighted by Gasteiger charge is 2.30. The van der Waals surface area contributed by atoms with Gasteiger partial charge in [-0.25, -0.2) is 0 Å². The monoisotopic (exact) mass is 306 g/mol. The number of carbonyl (C=O) groups excluding carboxylic acids is 1. The molecule has 0 unspecified atom stereocenters. The van der Waals surface area contributed by atoms with Gasteiger partial charge in [-0.05, 0) is 30.0 Å². The summed E-state index contributed by atoms with van der Waals surface area (Å²) in [6, 6.07) is 14.1. The molecule has 4 heteroatoms. The Morgan fingerprint density at radius 1 is 1.00 bits per heavy atom. The molecular weight excluding hydrogens is 289 g/mol. The van der Waals surface area contributed by atoms with E-state index < -0.39 is 11.7 Å². The summed E-state index contributed by atoms with van der Waals surface area (Å²) in [5, 5.41) is 0. The van der Waals surface area contributed by atoms with Crippen molar-refractivity contribution in [2.75, 3.05) is 0 Å². The Kier molecular flexibility index (Phi) is 5.01. The first-order valence-electron chi connectivity index (χ1n) is 7.17. The van der Waals surface area contributed by atoms with Crippen LogP contribution in [0.4, 0.5) is 13.2 Å². The molecule has 116 valence electrons. The molecule has 0 aliphatic rings. The van der Waals surface area contributed by atoms with Gasteiger partial charge in [-0.15, -0.1) is 0 Å². The molecule has 0 amide bonds. The van der Waals surface area contributed by atoms with E-state index in [-0.39, 0.29) is 11.7 Å². The lowest BCUT2D eigenvalue weighted by Gasteiger charge is -2.15. The first kappa shape index (κ1) is 16.3. The van der Waals surface area contributed by atoms with E-state index in [0.717, 1.165) is 24.1 Å². The molecule has 22 heavy (non-hydrogen) atoms. The Morgan fingerprint density at radius 2 is 1.59 bits per heavy atom. The minimum absolute atomic E-state index is 0.0796. The zero-order valence-corrected chi connectivity index (χ0v) is 12.2. The fraction of sp³-hybridized carbons (Fsp3) is 0.278.